The summed E-state index contributed by atoms with van der Waals surface area (Å²) in [4.78, 5) is 19.4. The topological polar surface area (TPSA) is 71.2 Å². The molecule has 2 heterocycles. The molecule has 1 aromatic rings. The number of amides is 1. The summed E-state index contributed by atoms with van der Waals surface area (Å²) in [7, 11) is 0. The predicted octanol–water partition coefficient (Wildman–Crippen LogP) is 3.80. The molecule has 0 bridgehead atoms. The summed E-state index contributed by atoms with van der Waals surface area (Å²) >= 11 is 0. The number of hydrogen-bond acceptors (Lipinski definition) is 4. The summed E-state index contributed by atoms with van der Waals surface area (Å²) in [5.74, 6) is 1.35. The van der Waals surface area contributed by atoms with Gasteiger partial charge in [-0.3, -0.25) is 4.79 Å². The molecule has 1 unspecified atom stereocenters. The van der Waals surface area contributed by atoms with Gasteiger partial charge in [-0.1, -0.05) is 26.7 Å². The predicted molar refractivity (Wildman–Crippen MR) is 114 cm³/mol. The lowest BCUT2D eigenvalue weighted by molar-refractivity contribution is 0.0898. The average molecular weight is 405 g/mol. The summed E-state index contributed by atoms with van der Waals surface area (Å²) in [6, 6.07) is 3.83. The minimum atomic E-state index is -0.380. The zero-order valence-corrected chi connectivity index (χ0v) is 17.8. The first-order valence-electron chi connectivity index (χ1n) is 9.17. The van der Waals surface area contributed by atoms with E-state index in [1.54, 1.807) is 6.20 Å². The van der Waals surface area contributed by atoms with Crippen LogP contribution in [0.5, 0.6) is 0 Å². The third kappa shape index (κ3) is 7.29. The van der Waals surface area contributed by atoms with Gasteiger partial charge >= 0.3 is 0 Å². The molecule has 7 heteroatoms. The Morgan fingerprint density at radius 1 is 1.23 bits per heavy atom. The Morgan fingerprint density at radius 3 is 2.31 bits per heavy atom. The van der Waals surface area contributed by atoms with E-state index in [0.29, 0.717) is 18.0 Å². The highest BCUT2D eigenvalue weighted by atomic mass is 35.5. The molecule has 1 aliphatic heterocycles. The molecule has 5 nitrogen and oxygen atoms in total. The van der Waals surface area contributed by atoms with Gasteiger partial charge in [0.05, 0.1) is 5.56 Å². The second-order valence-electron chi connectivity index (χ2n) is 7.62. The Hall–Kier alpha value is -1.04. The molecule has 2 rings (SSSR count). The van der Waals surface area contributed by atoms with Crippen molar-refractivity contribution in [3.05, 3.63) is 23.9 Å². The molecule has 1 saturated heterocycles. The minimum Gasteiger partial charge on any atom is -0.357 e. The normalized spacial score (nSPS) is 16.7. The van der Waals surface area contributed by atoms with Crippen LogP contribution in [0.1, 0.15) is 63.2 Å². The quantitative estimate of drug-likeness (QED) is 0.755. The molecule has 3 N–H and O–H groups in total. The van der Waals surface area contributed by atoms with Crippen LogP contribution in [0.15, 0.2) is 18.3 Å². The maximum atomic E-state index is 12.5. The van der Waals surface area contributed by atoms with Crippen molar-refractivity contribution in [1.29, 1.82) is 0 Å². The van der Waals surface area contributed by atoms with Crippen LogP contribution in [0.3, 0.4) is 0 Å². The molecule has 26 heavy (non-hydrogen) atoms. The lowest BCUT2D eigenvalue weighted by Gasteiger charge is -2.31. The second kappa shape index (κ2) is 11.6. The lowest BCUT2D eigenvalue weighted by Crippen LogP contribution is -2.52. The first-order chi connectivity index (χ1) is 11.4. The zero-order chi connectivity index (χ0) is 17.6. The number of nitrogens with two attached hydrogens (primary N) is 1. The van der Waals surface area contributed by atoms with Crippen molar-refractivity contribution in [2.45, 2.75) is 58.4 Å². The Bertz CT molecular complexity index is 531. The monoisotopic (exact) mass is 404 g/mol. The van der Waals surface area contributed by atoms with Gasteiger partial charge in [0, 0.05) is 31.4 Å². The fourth-order valence-electron chi connectivity index (χ4n) is 3.44. The molecule has 0 radical (unpaired) electrons. The maximum absolute atomic E-state index is 12.5. The van der Waals surface area contributed by atoms with Crippen LogP contribution in [-0.2, 0) is 0 Å². The number of hydrogen-bond donors (Lipinski definition) is 2. The van der Waals surface area contributed by atoms with Crippen LogP contribution in [0.25, 0.3) is 0 Å². The Kier molecular flexibility index (Phi) is 11.2. The third-order valence-electron chi connectivity index (χ3n) is 4.66. The number of anilines is 1. The van der Waals surface area contributed by atoms with Crippen molar-refractivity contribution < 1.29 is 4.79 Å². The van der Waals surface area contributed by atoms with Crippen molar-refractivity contribution in [3.63, 3.8) is 0 Å². The number of aromatic nitrogens is 1. The highest BCUT2D eigenvalue weighted by Crippen LogP contribution is 2.19. The number of pyridine rings is 1. The molecular weight excluding hydrogens is 371 g/mol. The fraction of sp³-hybridized carbons (Fsp3) is 0.684. The van der Waals surface area contributed by atoms with E-state index in [-0.39, 0.29) is 36.3 Å². The number of carbonyl (C=O) groups excluding carboxylic acids is 1. The number of rotatable bonds is 6. The largest absolute Gasteiger partial charge is 0.357 e. The van der Waals surface area contributed by atoms with Gasteiger partial charge in [-0.15, -0.1) is 24.8 Å². The van der Waals surface area contributed by atoms with E-state index >= 15 is 0 Å². The van der Waals surface area contributed by atoms with Gasteiger partial charge in [0.15, 0.2) is 0 Å². The second-order valence-corrected chi connectivity index (χ2v) is 7.62. The van der Waals surface area contributed by atoms with E-state index in [2.05, 4.69) is 29.0 Å². The van der Waals surface area contributed by atoms with Gasteiger partial charge < -0.3 is 16.0 Å². The Balaban J connectivity index is 0.00000312. The number of halogens is 2. The van der Waals surface area contributed by atoms with Gasteiger partial charge in [0.1, 0.15) is 5.82 Å². The van der Waals surface area contributed by atoms with Crippen LogP contribution in [0.4, 0.5) is 5.82 Å². The summed E-state index contributed by atoms with van der Waals surface area (Å²) in [6.45, 7) is 8.81. The first kappa shape index (κ1) is 25.0. The Morgan fingerprint density at radius 2 is 1.85 bits per heavy atom. The zero-order valence-electron chi connectivity index (χ0n) is 16.2. The van der Waals surface area contributed by atoms with Crippen molar-refractivity contribution in [2.24, 2.45) is 11.7 Å². The van der Waals surface area contributed by atoms with Gasteiger partial charge in [-0.05, 0) is 44.2 Å². The Labute approximate surface area is 170 Å². The van der Waals surface area contributed by atoms with Crippen LogP contribution < -0.4 is 16.0 Å². The first-order valence-corrected chi connectivity index (χ1v) is 9.17. The van der Waals surface area contributed by atoms with E-state index < -0.39 is 0 Å². The SMILES string of the molecule is CC(C)CC(C)(CN)NC(=O)c1ccc(N2CCCCCC2)nc1.Cl.Cl. The molecule has 1 aliphatic rings. The van der Waals surface area contributed by atoms with E-state index in [0.717, 1.165) is 25.3 Å². The number of carbonyl (C=O) groups is 1. The summed E-state index contributed by atoms with van der Waals surface area (Å²) in [6.07, 6.45) is 7.56. The van der Waals surface area contributed by atoms with Gasteiger partial charge in [-0.2, -0.15) is 0 Å². The van der Waals surface area contributed by atoms with Crippen molar-refractivity contribution in [3.8, 4) is 0 Å². The number of nitrogens with zero attached hydrogens (tertiary/aromatic N) is 2. The van der Waals surface area contributed by atoms with E-state index in [4.69, 9.17) is 5.73 Å². The highest BCUT2D eigenvalue weighted by molar-refractivity contribution is 5.94. The summed E-state index contributed by atoms with van der Waals surface area (Å²) in [5.41, 5.74) is 6.10. The van der Waals surface area contributed by atoms with Gasteiger partial charge in [0.25, 0.3) is 5.91 Å². The summed E-state index contributed by atoms with van der Waals surface area (Å²) in [5, 5.41) is 3.08. The van der Waals surface area contributed by atoms with Gasteiger partial charge in [-0.25, -0.2) is 4.98 Å². The molecule has 0 saturated carbocycles. The molecule has 1 fully saturated rings. The van der Waals surface area contributed by atoms with Crippen molar-refractivity contribution in [2.75, 3.05) is 24.5 Å². The molecule has 0 aliphatic carbocycles. The van der Waals surface area contributed by atoms with Crippen LogP contribution in [-0.4, -0.2) is 36.1 Å². The number of nitrogens with one attached hydrogen (secondary N) is 1. The molecule has 0 aromatic carbocycles. The van der Waals surface area contributed by atoms with E-state index in [1.807, 2.05) is 19.1 Å². The average Bonchev–Trinajstić information content (AvgIpc) is 2.83. The lowest BCUT2D eigenvalue weighted by atomic mass is 9.90. The van der Waals surface area contributed by atoms with Gasteiger partial charge in [0.2, 0.25) is 0 Å². The molecule has 150 valence electrons. The minimum absolute atomic E-state index is 0. The molecule has 0 spiro atoms. The molecular formula is C19H34Cl2N4O. The molecule has 1 amide bonds. The maximum Gasteiger partial charge on any atom is 0.253 e. The summed E-state index contributed by atoms with van der Waals surface area (Å²) < 4.78 is 0. The van der Waals surface area contributed by atoms with E-state index in [1.165, 1.54) is 25.7 Å². The molecule has 1 aromatic heterocycles. The van der Waals surface area contributed by atoms with Crippen LogP contribution >= 0.6 is 24.8 Å². The highest BCUT2D eigenvalue weighted by Gasteiger charge is 2.26. The smallest absolute Gasteiger partial charge is 0.253 e. The van der Waals surface area contributed by atoms with Crippen molar-refractivity contribution >= 4 is 36.5 Å². The fourth-order valence-corrected chi connectivity index (χ4v) is 3.44. The van der Waals surface area contributed by atoms with Crippen LogP contribution in [0, 0.1) is 5.92 Å². The van der Waals surface area contributed by atoms with Crippen LogP contribution in [0.2, 0.25) is 0 Å². The molecule has 1 atom stereocenters. The van der Waals surface area contributed by atoms with E-state index in [9.17, 15) is 4.79 Å². The standard InChI is InChI=1S/C19H32N4O.2ClH/c1-15(2)12-19(3,14-20)22-18(24)16-8-9-17(21-13-16)23-10-6-4-5-7-11-23;;/h8-9,13,15H,4-7,10-12,14,20H2,1-3H3,(H,22,24);2*1H. The van der Waals surface area contributed by atoms with Crippen molar-refractivity contribution in [1.82, 2.24) is 10.3 Å². The third-order valence-corrected chi connectivity index (χ3v) is 4.66.